The topological polar surface area (TPSA) is 15.3 Å². The van der Waals surface area contributed by atoms with E-state index in [1.807, 2.05) is 6.07 Å². The SMILES string of the molecule is C[C@H]1CNCCN1Cc1ccc(Cl)c(F)c1. The zero-order valence-corrected chi connectivity index (χ0v) is 10.1. The summed E-state index contributed by atoms with van der Waals surface area (Å²) in [4.78, 5) is 2.35. The molecule has 0 aromatic heterocycles. The van der Waals surface area contributed by atoms with Gasteiger partial charge in [0.2, 0.25) is 0 Å². The van der Waals surface area contributed by atoms with E-state index >= 15 is 0 Å². The molecule has 1 N–H and O–H groups in total. The summed E-state index contributed by atoms with van der Waals surface area (Å²) in [7, 11) is 0. The number of hydrogen-bond acceptors (Lipinski definition) is 2. The van der Waals surface area contributed by atoms with Gasteiger partial charge in [0, 0.05) is 32.2 Å². The predicted molar refractivity (Wildman–Crippen MR) is 64.2 cm³/mol. The molecule has 1 saturated heterocycles. The highest BCUT2D eigenvalue weighted by Gasteiger charge is 2.17. The molecule has 0 aliphatic carbocycles. The summed E-state index contributed by atoms with van der Waals surface area (Å²) in [5.74, 6) is -0.332. The average molecular weight is 243 g/mol. The maximum absolute atomic E-state index is 13.3. The molecule has 1 fully saturated rings. The van der Waals surface area contributed by atoms with Gasteiger partial charge in [-0.3, -0.25) is 4.90 Å². The van der Waals surface area contributed by atoms with Crippen molar-refractivity contribution in [3.05, 3.63) is 34.6 Å². The van der Waals surface area contributed by atoms with Gasteiger partial charge in [-0.15, -0.1) is 0 Å². The lowest BCUT2D eigenvalue weighted by Crippen LogP contribution is -2.49. The van der Waals surface area contributed by atoms with Gasteiger partial charge in [-0.05, 0) is 24.6 Å². The van der Waals surface area contributed by atoms with Crippen LogP contribution in [0.2, 0.25) is 5.02 Å². The molecule has 1 aliphatic rings. The Kier molecular flexibility index (Phi) is 3.79. The van der Waals surface area contributed by atoms with Gasteiger partial charge in [0.1, 0.15) is 5.82 Å². The highest BCUT2D eigenvalue weighted by molar-refractivity contribution is 6.30. The Bertz CT molecular complexity index is 370. The van der Waals surface area contributed by atoms with Crippen LogP contribution in [-0.2, 0) is 6.54 Å². The number of nitrogens with zero attached hydrogens (tertiary/aromatic N) is 1. The number of hydrogen-bond donors (Lipinski definition) is 1. The fourth-order valence-corrected chi connectivity index (χ4v) is 2.11. The molecule has 0 amide bonds. The minimum atomic E-state index is -0.332. The van der Waals surface area contributed by atoms with E-state index in [2.05, 4.69) is 17.1 Å². The van der Waals surface area contributed by atoms with E-state index in [0.717, 1.165) is 31.7 Å². The monoisotopic (exact) mass is 242 g/mol. The summed E-state index contributed by atoms with van der Waals surface area (Å²) < 4.78 is 13.3. The first-order chi connectivity index (χ1) is 7.66. The van der Waals surface area contributed by atoms with Crippen LogP contribution in [-0.4, -0.2) is 30.6 Å². The van der Waals surface area contributed by atoms with Crippen molar-refractivity contribution in [3.8, 4) is 0 Å². The summed E-state index contributed by atoms with van der Waals surface area (Å²) in [6.45, 7) is 5.97. The lowest BCUT2D eigenvalue weighted by atomic mass is 10.1. The Balaban J connectivity index is 2.05. The zero-order valence-electron chi connectivity index (χ0n) is 9.34. The number of rotatable bonds is 2. The van der Waals surface area contributed by atoms with Gasteiger partial charge in [0.15, 0.2) is 0 Å². The van der Waals surface area contributed by atoms with Gasteiger partial charge in [-0.1, -0.05) is 17.7 Å². The van der Waals surface area contributed by atoms with Crippen molar-refractivity contribution in [1.29, 1.82) is 0 Å². The van der Waals surface area contributed by atoms with Crippen LogP contribution in [0, 0.1) is 5.82 Å². The van der Waals surface area contributed by atoms with Crippen LogP contribution in [0.3, 0.4) is 0 Å². The normalized spacial score (nSPS) is 22.3. The largest absolute Gasteiger partial charge is 0.314 e. The summed E-state index contributed by atoms with van der Waals surface area (Å²) in [6.07, 6.45) is 0. The molecule has 4 heteroatoms. The second kappa shape index (κ2) is 5.13. The number of piperazine rings is 1. The van der Waals surface area contributed by atoms with Crippen LogP contribution in [0.25, 0.3) is 0 Å². The molecule has 16 heavy (non-hydrogen) atoms. The molecule has 2 nitrogen and oxygen atoms in total. The van der Waals surface area contributed by atoms with E-state index < -0.39 is 0 Å². The molecular formula is C12H16ClFN2. The lowest BCUT2D eigenvalue weighted by molar-refractivity contribution is 0.165. The highest BCUT2D eigenvalue weighted by atomic mass is 35.5. The standard InChI is InChI=1S/C12H16ClFN2/c1-9-7-15-4-5-16(9)8-10-2-3-11(13)12(14)6-10/h2-3,6,9,15H,4-5,7-8H2,1H3/t9-/m0/s1. The summed E-state index contributed by atoms with van der Waals surface area (Å²) in [6, 6.07) is 5.53. The second-order valence-corrected chi connectivity index (χ2v) is 4.68. The van der Waals surface area contributed by atoms with E-state index in [-0.39, 0.29) is 10.8 Å². The molecule has 1 aromatic carbocycles. The fraction of sp³-hybridized carbons (Fsp3) is 0.500. The molecule has 2 rings (SSSR count). The second-order valence-electron chi connectivity index (χ2n) is 4.27. The molecule has 0 radical (unpaired) electrons. The Morgan fingerprint density at radius 2 is 2.38 bits per heavy atom. The van der Waals surface area contributed by atoms with Crippen LogP contribution in [0.5, 0.6) is 0 Å². The summed E-state index contributed by atoms with van der Waals surface area (Å²) in [5.41, 5.74) is 0.982. The summed E-state index contributed by atoms with van der Waals surface area (Å²) >= 11 is 5.65. The maximum atomic E-state index is 13.3. The van der Waals surface area contributed by atoms with E-state index in [0.29, 0.717) is 6.04 Å². The molecule has 1 heterocycles. The molecule has 0 saturated carbocycles. The minimum Gasteiger partial charge on any atom is -0.314 e. The molecular weight excluding hydrogens is 227 g/mol. The lowest BCUT2D eigenvalue weighted by Gasteiger charge is -2.33. The van der Waals surface area contributed by atoms with Crippen LogP contribution >= 0.6 is 11.6 Å². The van der Waals surface area contributed by atoms with Gasteiger partial charge >= 0.3 is 0 Å². The molecule has 1 aliphatic heterocycles. The smallest absolute Gasteiger partial charge is 0.142 e. The number of halogens is 2. The van der Waals surface area contributed by atoms with Crippen molar-refractivity contribution >= 4 is 11.6 Å². The first-order valence-corrected chi connectivity index (χ1v) is 5.93. The Labute approximate surface area is 100 Å². The maximum Gasteiger partial charge on any atom is 0.142 e. The van der Waals surface area contributed by atoms with E-state index in [1.54, 1.807) is 6.07 Å². The van der Waals surface area contributed by atoms with Crippen LogP contribution in [0.1, 0.15) is 12.5 Å². The minimum absolute atomic E-state index is 0.192. The van der Waals surface area contributed by atoms with Gasteiger partial charge in [-0.25, -0.2) is 4.39 Å². The van der Waals surface area contributed by atoms with E-state index in [9.17, 15) is 4.39 Å². The zero-order chi connectivity index (χ0) is 11.5. The van der Waals surface area contributed by atoms with E-state index in [1.165, 1.54) is 6.07 Å². The number of benzene rings is 1. The van der Waals surface area contributed by atoms with Crippen molar-refractivity contribution in [2.45, 2.75) is 19.5 Å². The van der Waals surface area contributed by atoms with Gasteiger partial charge in [-0.2, -0.15) is 0 Å². The molecule has 1 atom stereocenters. The molecule has 88 valence electrons. The van der Waals surface area contributed by atoms with Gasteiger partial charge in [0.05, 0.1) is 5.02 Å². The van der Waals surface area contributed by atoms with Crippen molar-refractivity contribution in [2.24, 2.45) is 0 Å². The average Bonchev–Trinajstić information content (AvgIpc) is 2.27. The van der Waals surface area contributed by atoms with Crippen LogP contribution < -0.4 is 5.32 Å². The quantitative estimate of drug-likeness (QED) is 0.856. The van der Waals surface area contributed by atoms with Crippen molar-refractivity contribution in [3.63, 3.8) is 0 Å². The Hall–Kier alpha value is -0.640. The molecule has 0 spiro atoms. The third kappa shape index (κ3) is 2.73. The Morgan fingerprint density at radius 1 is 1.56 bits per heavy atom. The first-order valence-electron chi connectivity index (χ1n) is 5.55. The van der Waals surface area contributed by atoms with Gasteiger partial charge < -0.3 is 5.32 Å². The van der Waals surface area contributed by atoms with Crippen molar-refractivity contribution in [1.82, 2.24) is 10.2 Å². The molecule has 1 aromatic rings. The highest BCUT2D eigenvalue weighted by Crippen LogP contribution is 2.17. The van der Waals surface area contributed by atoms with Gasteiger partial charge in [0.25, 0.3) is 0 Å². The first kappa shape index (κ1) is 11.8. The Morgan fingerprint density at radius 3 is 3.06 bits per heavy atom. The predicted octanol–water partition coefficient (Wildman–Crippen LogP) is 2.27. The summed E-state index contributed by atoms with van der Waals surface area (Å²) in [5, 5.41) is 3.53. The third-order valence-corrected chi connectivity index (χ3v) is 3.32. The van der Waals surface area contributed by atoms with E-state index in [4.69, 9.17) is 11.6 Å². The van der Waals surface area contributed by atoms with Crippen molar-refractivity contribution in [2.75, 3.05) is 19.6 Å². The molecule has 0 bridgehead atoms. The van der Waals surface area contributed by atoms with Crippen LogP contribution in [0.15, 0.2) is 18.2 Å². The van der Waals surface area contributed by atoms with Crippen LogP contribution in [0.4, 0.5) is 4.39 Å². The number of nitrogens with one attached hydrogen (secondary N) is 1. The fourth-order valence-electron chi connectivity index (χ4n) is 1.99. The third-order valence-electron chi connectivity index (χ3n) is 3.01. The van der Waals surface area contributed by atoms with Crippen molar-refractivity contribution < 1.29 is 4.39 Å². The molecule has 0 unspecified atom stereocenters.